The van der Waals surface area contributed by atoms with Crippen LogP contribution in [0.2, 0.25) is 0 Å². The number of nitrogens with two attached hydrogens (primary N) is 1. The highest BCUT2D eigenvalue weighted by Crippen LogP contribution is 2.33. The molecule has 65 heavy (non-hydrogen) atoms. The van der Waals surface area contributed by atoms with E-state index in [1.807, 2.05) is 84.9 Å². The maximum absolute atomic E-state index is 14.0. The lowest BCUT2D eigenvalue weighted by atomic mass is 9.94. The number of rotatable bonds is 20. The van der Waals surface area contributed by atoms with Crippen molar-refractivity contribution < 1.29 is 40.6 Å². The van der Waals surface area contributed by atoms with Crippen LogP contribution in [0.3, 0.4) is 0 Å². The van der Waals surface area contributed by atoms with E-state index in [2.05, 4.69) is 21.3 Å². The van der Waals surface area contributed by atoms with Crippen molar-refractivity contribution in [1.29, 1.82) is 0 Å². The number of amides is 4. The molecule has 0 radical (unpaired) electrons. The van der Waals surface area contributed by atoms with Gasteiger partial charge in [-0.15, -0.1) is 0 Å². The average Bonchev–Trinajstić information content (AvgIpc) is 3.21. The molecule has 4 aromatic carbocycles. The van der Waals surface area contributed by atoms with Crippen LogP contribution in [0.5, 0.6) is 0 Å². The molecular formula is C48H68N5O9PS2. The van der Waals surface area contributed by atoms with Gasteiger partial charge in [-0.05, 0) is 98.9 Å². The molecule has 0 bridgehead atoms. The SMILES string of the molecule is CC(C)[C@H](NC(=O)[C@H](Cc1cccc2ccccc12)CS(=O)(=O)C(C)(C)C)C(=O)NCP(N)(=O)CNC(=O)[C@@H](NC(=O)[C@H](Cc1cccc2ccccc12)CS(=O)(=O)C(C)(C)C)C(C)C. The molecule has 356 valence electrons. The molecule has 0 spiro atoms. The van der Waals surface area contributed by atoms with Crippen molar-refractivity contribution in [3.05, 3.63) is 96.1 Å². The van der Waals surface area contributed by atoms with Crippen LogP contribution in [0.1, 0.15) is 80.4 Å². The number of hydrogen-bond acceptors (Lipinski definition) is 9. The van der Waals surface area contributed by atoms with Crippen LogP contribution in [0, 0.1) is 23.7 Å². The zero-order chi connectivity index (χ0) is 48.7. The molecule has 0 aliphatic heterocycles. The first-order chi connectivity index (χ1) is 30.0. The van der Waals surface area contributed by atoms with Gasteiger partial charge in [-0.1, -0.05) is 113 Å². The highest BCUT2D eigenvalue weighted by Gasteiger charge is 2.38. The third kappa shape index (κ3) is 14.2. The van der Waals surface area contributed by atoms with E-state index >= 15 is 0 Å². The Balaban J connectivity index is 1.45. The second-order valence-electron chi connectivity index (χ2n) is 19.7. The molecule has 14 nitrogen and oxygen atoms in total. The number of hydrogen-bond donors (Lipinski definition) is 5. The van der Waals surface area contributed by atoms with Gasteiger partial charge in [0.2, 0.25) is 23.6 Å². The van der Waals surface area contributed by atoms with Crippen molar-refractivity contribution in [2.24, 2.45) is 29.2 Å². The molecule has 6 N–H and O–H groups in total. The van der Waals surface area contributed by atoms with Crippen LogP contribution in [0.25, 0.3) is 21.5 Å². The predicted octanol–water partition coefficient (Wildman–Crippen LogP) is 6.10. The second kappa shape index (κ2) is 21.3. The van der Waals surface area contributed by atoms with E-state index in [4.69, 9.17) is 5.50 Å². The average molecular weight is 954 g/mol. The van der Waals surface area contributed by atoms with Crippen LogP contribution < -0.4 is 26.8 Å². The Hall–Kier alpha value is -4.63. The number of fused-ring (bicyclic) bond motifs is 2. The van der Waals surface area contributed by atoms with Gasteiger partial charge >= 0.3 is 0 Å². The van der Waals surface area contributed by atoms with E-state index in [0.717, 1.165) is 32.7 Å². The summed E-state index contributed by atoms with van der Waals surface area (Å²) < 4.78 is 65.2. The smallest absolute Gasteiger partial charge is 0.243 e. The van der Waals surface area contributed by atoms with Gasteiger partial charge in [-0.3, -0.25) is 24.7 Å². The molecule has 0 unspecified atom stereocenters. The van der Waals surface area contributed by atoms with Crippen molar-refractivity contribution in [1.82, 2.24) is 21.3 Å². The summed E-state index contributed by atoms with van der Waals surface area (Å²) >= 11 is 0. The quantitative estimate of drug-likeness (QED) is 0.0640. The maximum atomic E-state index is 14.0. The highest BCUT2D eigenvalue weighted by molar-refractivity contribution is 7.93. The molecule has 0 fully saturated rings. The molecular weight excluding hydrogens is 886 g/mol. The van der Waals surface area contributed by atoms with Crippen LogP contribution in [0.4, 0.5) is 0 Å². The molecule has 0 aliphatic rings. The van der Waals surface area contributed by atoms with Gasteiger partial charge in [0.15, 0.2) is 27.0 Å². The summed E-state index contributed by atoms with van der Waals surface area (Å²) in [5.41, 5.74) is 7.72. The molecule has 0 aliphatic carbocycles. The molecule has 4 aromatic rings. The largest absolute Gasteiger partial charge is 0.346 e. The summed E-state index contributed by atoms with van der Waals surface area (Å²) in [5.74, 6) is -6.69. The minimum atomic E-state index is -3.83. The van der Waals surface area contributed by atoms with Gasteiger partial charge in [0.05, 0.1) is 45.4 Å². The summed E-state index contributed by atoms with van der Waals surface area (Å²) in [4.78, 5) is 55.4. The van der Waals surface area contributed by atoms with Crippen LogP contribution in [-0.2, 0) is 56.3 Å². The van der Waals surface area contributed by atoms with Crippen molar-refractivity contribution in [2.75, 3.05) is 24.1 Å². The van der Waals surface area contributed by atoms with E-state index in [9.17, 15) is 40.6 Å². The molecule has 4 atom stereocenters. The fraction of sp³-hybridized carbons (Fsp3) is 0.500. The number of nitrogens with one attached hydrogen (secondary N) is 4. The maximum Gasteiger partial charge on any atom is 0.243 e. The number of carbonyl (C=O) groups is 4. The first kappa shape index (κ1) is 53.0. The summed E-state index contributed by atoms with van der Waals surface area (Å²) in [6.07, 6.45) is -0.935. The fourth-order valence-corrected chi connectivity index (χ4v) is 10.8. The fourth-order valence-electron chi connectivity index (χ4n) is 7.27. The van der Waals surface area contributed by atoms with Gasteiger partial charge in [-0.25, -0.2) is 16.8 Å². The molecule has 0 saturated heterocycles. The Bertz CT molecular complexity index is 2450. The van der Waals surface area contributed by atoms with E-state index in [-0.39, 0.29) is 12.8 Å². The standard InChI is InChI=1S/C48H68N5O9PS2/c1-31(2)41(52-43(54)37(27-64(59,60)47(5,6)7)25-35-21-15-19-33-17-11-13-23-39(33)35)45(56)50-29-63(49,58)30-51-46(57)42(32(3)4)53-44(55)38(28-65(61,62)48(8,9)10)26-36-22-16-20-34-18-12-14-24-40(34)36/h11-24,31-32,37-38,41-42H,25-30H2,1-10H3,(H2,49,58)(H,50,56)(H,51,57)(H,52,54)(H,53,55)/t37-,38-,41+,42+/m1/s1. The van der Waals surface area contributed by atoms with Crippen molar-refractivity contribution in [3.63, 3.8) is 0 Å². The minimum absolute atomic E-state index is 0.0886. The monoisotopic (exact) mass is 953 g/mol. The molecule has 0 heterocycles. The number of sulfone groups is 2. The van der Waals surface area contributed by atoms with E-state index < -0.39 is 120 Å². The topological polar surface area (TPSA) is 228 Å². The molecule has 0 saturated carbocycles. The minimum Gasteiger partial charge on any atom is -0.346 e. The van der Waals surface area contributed by atoms with Crippen molar-refractivity contribution in [2.45, 2.75) is 104 Å². The summed E-state index contributed by atoms with van der Waals surface area (Å²) in [6, 6.07) is 24.1. The highest BCUT2D eigenvalue weighted by atomic mass is 32.2. The zero-order valence-corrected chi connectivity index (χ0v) is 41.8. The summed E-state index contributed by atoms with van der Waals surface area (Å²) in [6.45, 7) is 16.2. The Kier molecular flexibility index (Phi) is 17.4. The lowest BCUT2D eigenvalue weighted by Gasteiger charge is -2.28. The summed E-state index contributed by atoms with van der Waals surface area (Å²) in [5, 5.41) is 14.2. The van der Waals surface area contributed by atoms with Crippen LogP contribution in [0.15, 0.2) is 84.9 Å². The van der Waals surface area contributed by atoms with Crippen molar-refractivity contribution >= 4 is 72.1 Å². The predicted molar refractivity (Wildman–Crippen MR) is 261 cm³/mol. The third-order valence-electron chi connectivity index (χ3n) is 11.7. The Morgan fingerprint density at radius 2 is 0.862 bits per heavy atom. The normalized spacial score (nSPS) is 14.7. The lowest BCUT2D eigenvalue weighted by Crippen LogP contribution is -2.53. The Labute approximate surface area is 385 Å². The third-order valence-corrected chi connectivity index (χ3v) is 18.5. The Morgan fingerprint density at radius 3 is 1.18 bits per heavy atom. The number of carbonyl (C=O) groups excluding carboxylic acids is 4. The Morgan fingerprint density at radius 1 is 0.538 bits per heavy atom. The van der Waals surface area contributed by atoms with E-state index in [1.165, 1.54) is 0 Å². The van der Waals surface area contributed by atoms with Gasteiger partial charge in [0, 0.05) is 0 Å². The van der Waals surface area contributed by atoms with E-state index in [0.29, 0.717) is 0 Å². The summed E-state index contributed by atoms with van der Waals surface area (Å²) in [7, 11) is -11.4. The lowest BCUT2D eigenvalue weighted by molar-refractivity contribution is -0.131. The van der Waals surface area contributed by atoms with Gasteiger partial charge in [0.25, 0.3) is 0 Å². The second-order valence-corrected chi connectivity index (χ2v) is 27.8. The van der Waals surface area contributed by atoms with Gasteiger partial charge in [-0.2, -0.15) is 0 Å². The molecule has 4 amide bonds. The van der Waals surface area contributed by atoms with Crippen LogP contribution in [-0.4, -0.2) is 86.1 Å². The molecule has 17 heteroatoms. The van der Waals surface area contributed by atoms with E-state index in [1.54, 1.807) is 69.2 Å². The first-order valence-electron chi connectivity index (χ1n) is 21.9. The molecule has 0 aromatic heterocycles. The molecule has 4 rings (SSSR count). The van der Waals surface area contributed by atoms with Crippen molar-refractivity contribution in [3.8, 4) is 0 Å². The number of benzene rings is 4. The zero-order valence-electron chi connectivity index (χ0n) is 39.3. The van der Waals surface area contributed by atoms with Crippen LogP contribution >= 0.6 is 7.29 Å². The van der Waals surface area contributed by atoms with Gasteiger partial charge in [0.1, 0.15) is 12.1 Å². The first-order valence-corrected chi connectivity index (χ1v) is 27.4. The van der Waals surface area contributed by atoms with Gasteiger partial charge < -0.3 is 25.8 Å².